The molecule has 2 aromatic rings. The Balaban J connectivity index is 1.98. The number of phenolic OH excluding ortho intramolecular Hbond substituents is 1. The zero-order chi connectivity index (χ0) is 18.3. The minimum absolute atomic E-state index is 0.0271. The van der Waals surface area contributed by atoms with E-state index in [4.69, 9.17) is 10.5 Å². The summed E-state index contributed by atoms with van der Waals surface area (Å²) >= 11 is 4.79. The average molecular weight is 446 g/mol. The maximum absolute atomic E-state index is 14.6. The summed E-state index contributed by atoms with van der Waals surface area (Å²) in [6.45, 7) is 0. The van der Waals surface area contributed by atoms with Crippen molar-refractivity contribution in [3.8, 4) is 16.6 Å². The van der Waals surface area contributed by atoms with E-state index >= 15 is 0 Å². The largest absolute Gasteiger partial charge is 0.504 e. The molecule has 2 amide bonds. The van der Waals surface area contributed by atoms with Crippen LogP contribution in [0.4, 0.5) is 14.3 Å². The number of likely N-dealkylation sites (N-methyl/N-ethyl adjacent to an activating group) is 1. The van der Waals surface area contributed by atoms with E-state index in [0.717, 1.165) is 28.0 Å². The number of nitrogens with two attached hydrogens (primary N) is 1. The molecule has 0 bridgehead atoms. The van der Waals surface area contributed by atoms with Crippen molar-refractivity contribution in [1.82, 2.24) is 9.88 Å². The minimum atomic E-state index is -0.867. The number of amides is 2. The summed E-state index contributed by atoms with van der Waals surface area (Å²) in [5, 5.41) is 10.1. The van der Waals surface area contributed by atoms with Gasteiger partial charge in [-0.3, -0.25) is 14.5 Å². The van der Waals surface area contributed by atoms with Gasteiger partial charge in [-0.25, -0.2) is 9.37 Å². The van der Waals surface area contributed by atoms with Gasteiger partial charge in [0.05, 0.1) is 15.6 Å². The number of halogens is 2. The van der Waals surface area contributed by atoms with Crippen molar-refractivity contribution in [2.75, 3.05) is 12.8 Å². The number of thiazole rings is 1. The molecule has 0 atom stereocenters. The fourth-order valence-corrected chi connectivity index (χ4v) is 3.69. The van der Waals surface area contributed by atoms with Crippen LogP contribution < -0.4 is 10.5 Å². The fraction of sp³-hybridized carbons (Fsp3) is 0.0714. The van der Waals surface area contributed by atoms with E-state index in [9.17, 15) is 19.1 Å². The summed E-state index contributed by atoms with van der Waals surface area (Å²) in [6.07, 6.45) is 2.62. The van der Waals surface area contributed by atoms with Gasteiger partial charge in [0.25, 0.3) is 11.1 Å². The highest BCUT2D eigenvalue weighted by atomic mass is 79.9. The molecule has 1 saturated heterocycles. The smallest absolute Gasteiger partial charge is 0.293 e. The average Bonchev–Trinajstić information content (AvgIpc) is 3.08. The first kappa shape index (κ1) is 17.7. The zero-order valence-corrected chi connectivity index (χ0v) is 15.7. The fourth-order valence-electron chi connectivity index (χ4n) is 1.92. The number of phenols is 1. The lowest BCUT2D eigenvalue weighted by Gasteiger charge is -2.10. The number of carbonyl (C=O) groups excluding carboxylic acids is 2. The maximum Gasteiger partial charge on any atom is 0.293 e. The van der Waals surface area contributed by atoms with Crippen LogP contribution in [0.2, 0.25) is 0 Å². The van der Waals surface area contributed by atoms with Gasteiger partial charge in [0.2, 0.25) is 10.8 Å². The molecule has 1 aliphatic rings. The Morgan fingerprint density at radius 2 is 2.20 bits per heavy atom. The molecule has 3 N–H and O–H groups in total. The van der Waals surface area contributed by atoms with Crippen LogP contribution in [0.3, 0.4) is 0 Å². The molecule has 0 radical (unpaired) electrons. The van der Waals surface area contributed by atoms with Gasteiger partial charge in [0, 0.05) is 7.05 Å². The number of hydrogen-bond acceptors (Lipinski definition) is 8. The highest BCUT2D eigenvalue weighted by Gasteiger charge is 2.32. The molecule has 0 spiro atoms. The quantitative estimate of drug-likeness (QED) is 0.691. The molecule has 25 heavy (non-hydrogen) atoms. The molecule has 1 aromatic carbocycles. The van der Waals surface area contributed by atoms with Crippen molar-refractivity contribution in [2.24, 2.45) is 0 Å². The molecule has 1 aliphatic heterocycles. The van der Waals surface area contributed by atoms with Crippen molar-refractivity contribution in [1.29, 1.82) is 0 Å². The first-order valence-corrected chi connectivity index (χ1v) is 9.02. The second kappa shape index (κ2) is 6.65. The topological polar surface area (TPSA) is 106 Å². The van der Waals surface area contributed by atoms with Crippen LogP contribution in [-0.2, 0) is 4.79 Å². The summed E-state index contributed by atoms with van der Waals surface area (Å²) in [5.41, 5.74) is 5.66. The number of nitrogen functional groups attached to an aromatic ring is 1. The molecule has 11 heteroatoms. The summed E-state index contributed by atoms with van der Waals surface area (Å²) in [7, 11) is 1.35. The lowest BCUT2D eigenvalue weighted by molar-refractivity contribution is -0.121. The standard InChI is InChI=1S/C14H9BrFN3O4S2/c1-19-12(21)7(24-14(19)22)3-5-2-6(20)11(10(16)9(5)15)23-8-4-18-13(17)25-8/h2-4,20H,1H3,(H2,17,18)/b7-3-. The predicted molar refractivity (Wildman–Crippen MR) is 96.1 cm³/mol. The number of thioether (sulfide) groups is 1. The van der Waals surface area contributed by atoms with E-state index < -0.39 is 28.5 Å². The van der Waals surface area contributed by atoms with Crippen LogP contribution in [0.1, 0.15) is 5.56 Å². The Kier molecular flexibility index (Phi) is 4.71. The van der Waals surface area contributed by atoms with Crippen LogP contribution in [0.15, 0.2) is 21.6 Å². The first-order chi connectivity index (χ1) is 11.8. The Hall–Kier alpha value is -2.11. The molecule has 2 heterocycles. The highest BCUT2D eigenvalue weighted by Crippen LogP contribution is 2.42. The molecule has 0 saturated carbocycles. The number of ether oxygens (including phenoxy) is 1. The number of carbonyl (C=O) groups is 2. The van der Waals surface area contributed by atoms with Crippen LogP contribution >= 0.6 is 39.0 Å². The number of benzene rings is 1. The summed E-state index contributed by atoms with van der Waals surface area (Å²) < 4.78 is 19.8. The molecule has 130 valence electrons. The van der Waals surface area contributed by atoms with Gasteiger partial charge in [-0.1, -0.05) is 11.3 Å². The summed E-state index contributed by atoms with van der Waals surface area (Å²) in [4.78, 5) is 28.3. The van der Waals surface area contributed by atoms with E-state index in [1.807, 2.05) is 0 Å². The maximum atomic E-state index is 14.6. The third-order valence-electron chi connectivity index (χ3n) is 3.15. The van der Waals surface area contributed by atoms with Crippen LogP contribution in [0.5, 0.6) is 16.6 Å². The number of anilines is 1. The highest BCUT2D eigenvalue weighted by molar-refractivity contribution is 9.10. The summed E-state index contributed by atoms with van der Waals surface area (Å²) in [6, 6.07) is 1.22. The Labute approximate surface area is 157 Å². The van der Waals surface area contributed by atoms with E-state index in [1.54, 1.807) is 0 Å². The third kappa shape index (κ3) is 3.34. The number of aromatic hydroxyl groups is 1. The van der Waals surface area contributed by atoms with Crippen molar-refractivity contribution >= 4 is 61.4 Å². The molecule has 0 unspecified atom stereocenters. The predicted octanol–water partition coefficient (Wildman–Crippen LogP) is 3.79. The van der Waals surface area contributed by atoms with E-state index in [2.05, 4.69) is 20.9 Å². The van der Waals surface area contributed by atoms with E-state index in [1.165, 1.54) is 25.4 Å². The number of aromatic nitrogens is 1. The minimum Gasteiger partial charge on any atom is -0.504 e. The van der Waals surface area contributed by atoms with Crippen molar-refractivity contribution in [3.63, 3.8) is 0 Å². The van der Waals surface area contributed by atoms with E-state index in [0.29, 0.717) is 0 Å². The van der Waals surface area contributed by atoms with Gasteiger partial charge in [-0.05, 0) is 45.4 Å². The molecule has 3 rings (SSSR count). The monoisotopic (exact) mass is 445 g/mol. The SMILES string of the molecule is CN1C(=O)S/C(=C\c2cc(O)c(Oc3cnc(N)s3)c(F)c2Br)C1=O. The molecule has 1 aromatic heterocycles. The van der Waals surface area contributed by atoms with Crippen LogP contribution in [0, 0.1) is 5.82 Å². The van der Waals surface area contributed by atoms with Gasteiger partial charge in [0.1, 0.15) is 0 Å². The zero-order valence-electron chi connectivity index (χ0n) is 12.4. The molecule has 0 aliphatic carbocycles. The van der Waals surface area contributed by atoms with Gasteiger partial charge < -0.3 is 15.6 Å². The molecular formula is C14H9BrFN3O4S2. The van der Waals surface area contributed by atoms with Gasteiger partial charge >= 0.3 is 0 Å². The van der Waals surface area contributed by atoms with Gasteiger partial charge in [-0.2, -0.15) is 0 Å². The van der Waals surface area contributed by atoms with Crippen molar-refractivity contribution < 1.29 is 23.8 Å². The number of imide groups is 1. The number of rotatable bonds is 3. The van der Waals surface area contributed by atoms with E-state index in [-0.39, 0.29) is 25.1 Å². The second-order valence-corrected chi connectivity index (χ2v) is 7.61. The Bertz CT molecular complexity index is 931. The Morgan fingerprint density at radius 3 is 2.76 bits per heavy atom. The van der Waals surface area contributed by atoms with Crippen molar-refractivity contribution in [3.05, 3.63) is 33.0 Å². The lowest BCUT2D eigenvalue weighted by atomic mass is 10.1. The Morgan fingerprint density at radius 1 is 1.48 bits per heavy atom. The van der Waals surface area contributed by atoms with Crippen LogP contribution in [0.25, 0.3) is 6.08 Å². The summed E-state index contributed by atoms with van der Waals surface area (Å²) in [5.74, 6) is -2.25. The normalized spacial score (nSPS) is 16.1. The lowest BCUT2D eigenvalue weighted by Crippen LogP contribution is -2.22. The first-order valence-electron chi connectivity index (χ1n) is 6.59. The molecular weight excluding hydrogens is 437 g/mol. The second-order valence-electron chi connectivity index (χ2n) is 4.80. The van der Waals surface area contributed by atoms with Gasteiger partial charge in [-0.15, -0.1) is 0 Å². The molecule has 1 fully saturated rings. The van der Waals surface area contributed by atoms with Crippen LogP contribution in [-0.4, -0.2) is 33.2 Å². The van der Waals surface area contributed by atoms with Gasteiger partial charge in [0.15, 0.2) is 16.7 Å². The molecule has 7 nitrogen and oxygen atoms in total. The van der Waals surface area contributed by atoms with Crippen molar-refractivity contribution in [2.45, 2.75) is 0 Å². The number of hydrogen-bond donors (Lipinski definition) is 2. The number of nitrogens with zero attached hydrogens (tertiary/aromatic N) is 2. The third-order valence-corrected chi connectivity index (χ3v) is 5.62.